The summed E-state index contributed by atoms with van der Waals surface area (Å²) in [6.45, 7) is 1.96. The van der Waals surface area contributed by atoms with E-state index in [9.17, 15) is 9.90 Å². The standard InChI is InChI=1S/C24H19IN4O3S/c1-15-3-7-17(8-4-15)26-27-21-22(30)28(18-9-5-16(25)6-10-18)24(33)29(23(21)31)19-11-13-20(32-2)14-12-19/h3-14,30H,1-2H3. The molecule has 0 atom stereocenters. The number of aromatic nitrogens is 2. The van der Waals surface area contributed by atoms with Crippen molar-refractivity contribution in [1.29, 1.82) is 0 Å². The Morgan fingerprint density at radius 1 is 0.879 bits per heavy atom. The number of ether oxygens (including phenoxy) is 1. The zero-order chi connectivity index (χ0) is 23.5. The highest BCUT2D eigenvalue weighted by Crippen LogP contribution is 2.29. The number of hydrogen-bond donors (Lipinski definition) is 1. The van der Waals surface area contributed by atoms with Crippen LogP contribution in [0.1, 0.15) is 5.56 Å². The lowest BCUT2D eigenvalue weighted by Gasteiger charge is -2.16. The normalized spacial score (nSPS) is 11.1. The zero-order valence-corrected chi connectivity index (χ0v) is 20.7. The molecule has 0 spiro atoms. The van der Waals surface area contributed by atoms with Crippen LogP contribution in [0.25, 0.3) is 11.4 Å². The number of azo groups is 1. The Morgan fingerprint density at radius 2 is 1.45 bits per heavy atom. The molecule has 0 aliphatic rings. The Bertz CT molecular complexity index is 1440. The summed E-state index contributed by atoms with van der Waals surface area (Å²) in [6.07, 6.45) is 0. The highest BCUT2D eigenvalue weighted by molar-refractivity contribution is 14.1. The Morgan fingerprint density at radius 3 is 2.06 bits per heavy atom. The Hall–Kier alpha value is -3.31. The molecule has 0 aliphatic carbocycles. The van der Waals surface area contributed by atoms with Crippen molar-refractivity contribution in [2.24, 2.45) is 10.2 Å². The molecule has 0 saturated carbocycles. The fourth-order valence-electron chi connectivity index (χ4n) is 3.17. The van der Waals surface area contributed by atoms with E-state index in [1.54, 1.807) is 55.6 Å². The minimum atomic E-state index is -0.583. The lowest BCUT2D eigenvalue weighted by atomic mass is 10.2. The van der Waals surface area contributed by atoms with Crippen LogP contribution in [0.15, 0.2) is 87.8 Å². The first-order chi connectivity index (χ1) is 15.9. The Labute approximate surface area is 208 Å². The molecule has 4 aromatic rings. The number of aryl methyl sites for hydroxylation is 1. The molecule has 0 aliphatic heterocycles. The lowest BCUT2D eigenvalue weighted by molar-refractivity contribution is 0.414. The van der Waals surface area contributed by atoms with Crippen LogP contribution in [-0.4, -0.2) is 21.4 Å². The second kappa shape index (κ2) is 9.67. The van der Waals surface area contributed by atoms with E-state index in [4.69, 9.17) is 17.0 Å². The summed E-state index contributed by atoms with van der Waals surface area (Å²) in [7, 11) is 1.56. The van der Waals surface area contributed by atoms with Gasteiger partial charge in [-0.3, -0.25) is 13.9 Å². The number of nitrogens with zero attached hydrogens (tertiary/aromatic N) is 4. The summed E-state index contributed by atoms with van der Waals surface area (Å²) in [4.78, 5) is 13.4. The summed E-state index contributed by atoms with van der Waals surface area (Å²) in [5.41, 5.74) is 1.92. The van der Waals surface area contributed by atoms with E-state index >= 15 is 0 Å². The first-order valence-electron chi connectivity index (χ1n) is 9.89. The van der Waals surface area contributed by atoms with Gasteiger partial charge < -0.3 is 9.84 Å². The van der Waals surface area contributed by atoms with E-state index in [0.717, 1.165) is 9.13 Å². The van der Waals surface area contributed by atoms with Crippen LogP contribution in [0.3, 0.4) is 0 Å². The molecule has 1 N–H and O–H groups in total. The maximum absolute atomic E-state index is 13.4. The lowest BCUT2D eigenvalue weighted by Crippen LogP contribution is -2.23. The molecule has 33 heavy (non-hydrogen) atoms. The number of methoxy groups -OCH3 is 1. The highest BCUT2D eigenvalue weighted by Gasteiger charge is 2.19. The van der Waals surface area contributed by atoms with E-state index in [0.29, 0.717) is 22.8 Å². The number of hydrogen-bond acceptors (Lipinski definition) is 6. The number of rotatable bonds is 5. The molecule has 7 nitrogen and oxygen atoms in total. The van der Waals surface area contributed by atoms with Gasteiger partial charge in [0.15, 0.2) is 4.77 Å². The molecule has 0 radical (unpaired) electrons. The van der Waals surface area contributed by atoms with Gasteiger partial charge in [0.25, 0.3) is 5.56 Å². The third-order valence-corrected chi connectivity index (χ3v) is 6.01. The van der Waals surface area contributed by atoms with Gasteiger partial charge in [0.05, 0.1) is 24.2 Å². The molecule has 3 aromatic carbocycles. The Balaban J connectivity index is 1.97. The third-order valence-electron chi connectivity index (χ3n) is 4.93. The first kappa shape index (κ1) is 22.9. The maximum Gasteiger partial charge on any atom is 0.290 e. The van der Waals surface area contributed by atoms with Gasteiger partial charge in [0, 0.05) is 3.57 Å². The predicted molar refractivity (Wildman–Crippen MR) is 138 cm³/mol. The van der Waals surface area contributed by atoms with Crippen LogP contribution in [0.2, 0.25) is 0 Å². The van der Waals surface area contributed by atoms with Gasteiger partial charge in [-0.1, -0.05) is 17.7 Å². The molecule has 9 heteroatoms. The van der Waals surface area contributed by atoms with Crippen LogP contribution in [-0.2, 0) is 0 Å². The van der Waals surface area contributed by atoms with Crippen LogP contribution in [0.4, 0.5) is 11.4 Å². The fraction of sp³-hybridized carbons (Fsp3) is 0.0833. The summed E-state index contributed by atoms with van der Waals surface area (Å²) < 4.78 is 9.05. The average molecular weight is 570 g/mol. The first-order valence-corrected chi connectivity index (χ1v) is 11.4. The van der Waals surface area contributed by atoms with Crippen LogP contribution in [0.5, 0.6) is 11.6 Å². The minimum absolute atomic E-state index is 0.0955. The van der Waals surface area contributed by atoms with E-state index in [1.807, 2.05) is 31.2 Å². The molecular formula is C24H19IN4O3S. The predicted octanol–water partition coefficient (Wildman–Crippen LogP) is 6.40. The second-order valence-electron chi connectivity index (χ2n) is 7.14. The molecule has 1 aromatic heterocycles. The van der Waals surface area contributed by atoms with Crippen molar-refractivity contribution >= 4 is 46.2 Å². The van der Waals surface area contributed by atoms with Gasteiger partial charge in [-0.15, -0.1) is 5.11 Å². The van der Waals surface area contributed by atoms with Crippen molar-refractivity contribution in [3.05, 3.63) is 97.1 Å². The smallest absolute Gasteiger partial charge is 0.290 e. The van der Waals surface area contributed by atoms with Gasteiger partial charge in [0.1, 0.15) is 5.75 Å². The fourth-order valence-corrected chi connectivity index (χ4v) is 3.91. The van der Waals surface area contributed by atoms with Crippen molar-refractivity contribution in [3.63, 3.8) is 0 Å². The molecule has 1 heterocycles. The van der Waals surface area contributed by atoms with Crippen molar-refractivity contribution in [2.45, 2.75) is 6.92 Å². The van der Waals surface area contributed by atoms with Gasteiger partial charge in [-0.2, -0.15) is 5.11 Å². The van der Waals surface area contributed by atoms with Crippen molar-refractivity contribution in [1.82, 2.24) is 9.13 Å². The molecule has 0 saturated heterocycles. The molecule has 0 unspecified atom stereocenters. The van der Waals surface area contributed by atoms with Gasteiger partial charge >= 0.3 is 0 Å². The summed E-state index contributed by atoms with van der Waals surface area (Å²) in [6, 6.07) is 21.6. The number of halogens is 1. The molecule has 0 bridgehead atoms. The molecule has 4 rings (SSSR count). The third kappa shape index (κ3) is 4.74. The SMILES string of the molecule is COc1ccc(-n2c(=O)c(N=Nc3ccc(C)cc3)c(O)n(-c3ccc(I)cc3)c2=S)cc1. The Kier molecular flexibility index (Phi) is 6.70. The second-order valence-corrected chi connectivity index (χ2v) is 8.75. The highest BCUT2D eigenvalue weighted by atomic mass is 127. The molecule has 0 amide bonds. The van der Waals surface area contributed by atoms with Crippen molar-refractivity contribution < 1.29 is 9.84 Å². The molecular weight excluding hydrogens is 551 g/mol. The van der Waals surface area contributed by atoms with E-state index < -0.39 is 5.56 Å². The largest absolute Gasteiger partial charge is 0.497 e. The van der Waals surface area contributed by atoms with Crippen LogP contribution in [0, 0.1) is 15.3 Å². The average Bonchev–Trinajstić information content (AvgIpc) is 2.82. The number of aromatic hydroxyl groups is 1. The van der Waals surface area contributed by atoms with Crippen LogP contribution < -0.4 is 10.3 Å². The van der Waals surface area contributed by atoms with Crippen molar-refractivity contribution in [3.8, 4) is 23.0 Å². The molecule has 0 fully saturated rings. The van der Waals surface area contributed by atoms with Gasteiger partial charge in [-0.25, -0.2) is 0 Å². The van der Waals surface area contributed by atoms with Crippen LogP contribution >= 0.6 is 34.8 Å². The monoisotopic (exact) mass is 570 g/mol. The quantitative estimate of drug-likeness (QED) is 0.171. The molecule has 166 valence electrons. The maximum atomic E-state index is 13.4. The van der Waals surface area contributed by atoms with Gasteiger partial charge in [-0.05, 0) is 102 Å². The minimum Gasteiger partial charge on any atom is -0.497 e. The van der Waals surface area contributed by atoms with E-state index in [2.05, 4.69) is 32.8 Å². The summed E-state index contributed by atoms with van der Waals surface area (Å²) in [5, 5.41) is 19.3. The number of benzene rings is 3. The van der Waals surface area contributed by atoms with E-state index in [1.165, 1.54) is 9.13 Å². The van der Waals surface area contributed by atoms with Crippen molar-refractivity contribution in [2.75, 3.05) is 7.11 Å². The summed E-state index contributed by atoms with van der Waals surface area (Å²) in [5.74, 6) is 0.258. The summed E-state index contributed by atoms with van der Waals surface area (Å²) >= 11 is 7.83. The van der Waals surface area contributed by atoms with Gasteiger partial charge in [0.2, 0.25) is 11.6 Å². The van der Waals surface area contributed by atoms with E-state index in [-0.39, 0.29) is 16.3 Å². The zero-order valence-electron chi connectivity index (χ0n) is 17.8. The topological polar surface area (TPSA) is 81.1 Å².